The molecular formula is C20H31NO3S. The number of rotatable bonds is 9. The van der Waals surface area contributed by atoms with Gasteiger partial charge in [-0.05, 0) is 43.2 Å². The lowest BCUT2D eigenvalue weighted by molar-refractivity contribution is -0.131. The van der Waals surface area contributed by atoms with Crippen LogP contribution in [0, 0.1) is 0 Å². The lowest BCUT2D eigenvalue weighted by atomic mass is 9.87. The van der Waals surface area contributed by atoms with E-state index in [0.29, 0.717) is 13.0 Å². The number of amides is 1. The van der Waals surface area contributed by atoms with E-state index in [4.69, 9.17) is 0 Å². The Kier molecular flexibility index (Phi) is 7.48. The second kappa shape index (κ2) is 9.37. The highest BCUT2D eigenvalue weighted by atomic mass is 32.2. The van der Waals surface area contributed by atoms with Crippen molar-refractivity contribution >= 4 is 15.7 Å². The first-order valence-corrected chi connectivity index (χ1v) is 11.4. The Balaban J connectivity index is 2.03. The van der Waals surface area contributed by atoms with Crippen LogP contribution in [0.1, 0.15) is 57.1 Å². The third-order valence-electron chi connectivity index (χ3n) is 4.95. The first-order chi connectivity index (χ1) is 12.0. The fourth-order valence-corrected chi connectivity index (χ4v) is 4.94. The first kappa shape index (κ1) is 20.0. The van der Waals surface area contributed by atoms with E-state index in [9.17, 15) is 13.2 Å². The third kappa shape index (κ3) is 5.84. The Morgan fingerprint density at radius 1 is 1.12 bits per heavy atom. The summed E-state index contributed by atoms with van der Waals surface area (Å²) in [7, 11) is -3.31. The number of sulfone groups is 1. The Morgan fingerprint density at radius 3 is 2.52 bits per heavy atom. The molecule has 0 saturated heterocycles. The quantitative estimate of drug-likeness (QED) is 0.630. The molecule has 1 aliphatic carbocycles. The van der Waals surface area contributed by atoms with Crippen molar-refractivity contribution in [1.29, 1.82) is 0 Å². The minimum Gasteiger partial charge on any atom is -0.339 e. The number of hydrogen-bond donors (Lipinski definition) is 0. The summed E-state index contributed by atoms with van der Waals surface area (Å²) < 4.78 is 24.5. The molecule has 0 saturated carbocycles. The summed E-state index contributed by atoms with van der Waals surface area (Å²) in [5, 5.41) is 0. The van der Waals surface area contributed by atoms with Crippen LogP contribution < -0.4 is 0 Å². The van der Waals surface area contributed by atoms with Gasteiger partial charge in [0.2, 0.25) is 5.91 Å². The van der Waals surface area contributed by atoms with Gasteiger partial charge in [-0.1, -0.05) is 51.0 Å². The predicted octanol–water partition coefficient (Wildman–Crippen LogP) is 3.39. The van der Waals surface area contributed by atoms with Crippen molar-refractivity contribution in [3.05, 3.63) is 35.4 Å². The predicted molar refractivity (Wildman–Crippen MR) is 102 cm³/mol. The van der Waals surface area contributed by atoms with Crippen LogP contribution in [0.25, 0.3) is 0 Å². The molecule has 1 aliphatic rings. The van der Waals surface area contributed by atoms with Crippen LogP contribution in [-0.4, -0.2) is 43.3 Å². The van der Waals surface area contributed by atoms with Crippen LogP contribution in [0.3, 0.4) is 0 Å². The highest BCUT2D eigenvalue weighted by Gasteiger charge is 2.29. The van der Waals surface area contributed by atoms with Crippen molar-refractivity contribution in [3.63, 3.8) is 0 Å². The molecule has 0 aromatic heterocycles. The van der Waals surface area contributed by atoms with Gasteiger partial charge in [0, 0.05) is 12.6 Å². The molecule has 0 N–H and O–H groups in total. The lowest BCUT2D eigenvalue weighted by Crippen LogP contribution is -2.46. The fourth-order valence-electron chi connectivity index (χ4n) is 3.61. The molecule has 0 spiro atoms. The zero-order valence-electron chi connectivity index (χ0n) is 15.5. The Bertz CT molecular complexity index is 669. The molecule has 140 valence electrons. The van der Waals surface area contributed by atoms with E-state index in [1.54, 1.807) is 0 Å². The smallest absolute Gasteiger partial charge is 0.238 e. The molecule has 1 aromatic carbocycles. The number of fused-ring (bicyclic) bond motifs is 1. The molecule has 0 fully saturated rings. The zero-order chi connectivity index (χ0) is 18.3. The second-order valence-electron chi connectivity index (χ2n) is 7.05. The average Bonchev–Trinajstić information content (AvgIpc) is 2.59. The van der Waals surface area contributed by atoms with E-state index in [2.05, 4.69) is 18.2 Å². The number of unbranched alkanes of at least 4 members (excludes halogenated alkanes) is 2. The molecule has 0 heterocycles. The molecule has 0 aliphatic heterocycles. The normalized spacial score (nSPS) is 17.1. The molecule has 1 unspecified atom stereocenters. The number of carbonyl (C=O) groups is 1. The van der Waals surface area contributed by atoms with E-state index in [1.807, 2.05) is 24.8 Å². The maximum Gasteiger partial charge on any atom is 0.238 e. The van der Waals surface area contributed by atoms with Gasteiger partial charge in [-0.25, -0.2) is 8.42 Å². The van der Waals surface area contributed by atoms with Crippen molar-refractivity contribution in [2.24, 2.45) is 0 Å². The number of carbonyl (C=O) groups excluding carboxylic acids is 1. The van der Waals surface area contributed by atoms with Crippen molar-refractivity contribution in [2.75, 3.05) is 18.1 Å². The molecule has 1 atom stereocenters. The van der Waals surface area contributed by atoms with Crippen molar-refractivity contribution < 1.29 is 13.2 Å². The van der Waals surface area contributed by atoms with Gasteiger partial charge in [-0.3, -0.25) is 4.79 Å². The molecule has 0 radical (unpaired) electrons. The van der Waals surface area contributed by atoms with Gasteiger partial charge in [0.15, 0.2) is 9.84 Å². The van der Waals surface area contributed by atoms with Crippen LogP contribution in [0.2, 0.25) is 0 Å². The van der Waals surface area contributed by atoms with Gasteiger partial charge in [0.05, 0.1) is 5.75 Å². The minimum absolute atomic E-state index is 0.119. The van der Waals surface area contributed by atoms with Crippen molar-refractivity contribution in [1.82, 2.24) is 4.90 Å². The van der Waals surface area contributed by atoms with E-state index in [0.717, 1.165) is 38.5 Å². The maximum absolute atomic E-state index is 12.7. The highest BCUT2D eigenvalue weighted by molar-refractivity contribution is 7.92. The molecule has 4 nitrogen and oxygen atoms in total. The molecule has 1 aromatic rings. The Morgan fingerprint density at radius 2 is 1.84 bits per heavy atom. The molecular weight excluding hydrogens is 334 g/mol. The summed E-state index contributed by atoms with van der Waals surface area (Å²) in [5.41, 5.74) is 2.65. The number of aryl methyl sites for hydroxylation is 1. The van der Waals surface area contributed by atoms with Gasteiger partial charge in [0.25, 0.3) is 0 Å². The van der Waals surface area contributed by atoms with Gasteiger partial charge in [-0.2, -0.15) is 0 Å². The lowest BCUT2D eigenvalue weighted by Gasteiger charge is -2.35. The number of benzene rings is 1. The van der Waals surface area contributed by atoms with Crippen molar-refractivity contribution in [3.8, 4) is 0 Å². The maximum atomic E-state index is 12.7. The summed E-state index contributed by atoms with van der Waals surface area (Å²) in [6.07, 6.45) is 6.07. The second-order valence-corrected chi connectivity index (χ2v) is 9.24. The highest BCUT2D eigenvalue weighted by Crippen LogP contribution is 2.25. The molecule has 2 rings (SSSR count). The Hall–Kier alpha value is -1.36. The van der Waals surface area contributed by atoms with Crippen LogP contribution in [0.4, 0.5) is 0 Å². The van der Waals surface area contributed by atoms with E-state index in [1.165, 1.54) is 11.1 Å². The van der Waals surface area contributed by atoms with Gasteiger partial charge >= 0.3 is 0 Å². The first-order valence-electron chi connectivity index (χ1n) is 9.53. The number of hydrogen-bond acceptors (Lipinski definition) is 3. The SMILES string of the molecule is CCCCCS(=O)(=O)CC(=O)N(CCC)C1CCc2ccccc2C1. The summed E-state index contributed by atoms with van der Waals surface area (Å²) in [6, 6.07) is 8.48. The standard InChI is InChI=1S/C20H31NO3S/c1-3-5-8-14-25(23,24)16-20(22)21(13-4-2)19-12-11-17-9-6-7-10-18(17)15-19/h6-7,9-10,19H,3-5,8,11-16H2,1-2H3. The summed E-state index contributed by atoms with van der Waals surface area (Å²) in [5.74, 6) is -0.433. The average molecular weight is 366 g/mol. The van der Waals surface area contributed by atoms with Crippen LogP contribution in [0.5, 0.6) is 0 Å². The monoisotopic (exact) mass is 365 g/mol. The molecule has 5 heteroatoms. The zero-order valence-corrected chi connectivity index (χ0v) is 16.4. The summed E-state index contributed by atoms with van der Waals surface area (Å²) in [4.78, 5) is 14.6. The minimum atomic E-state index is -3.31. The topological polar surface area (TPSA) is 54.5 Å². The summed E-state index contributed by atoms with van der Waals surface area (Å²) in [6.45, 7) is 4.71. The third-order valence-corrected chi connectivity index (χ3v) is 6.55. The van der Waals surface area contributed by atoms with Gasteiger partial charge < -0.3 is 4.90 Å². The van der Waals surface area contributed by atoms with E-state index < -0.39 is 9.84 Å². The van der Waals surface area contributed by atoms with Gasteiger partial charge in [0.1, 0.15) is 5.75 Å². The number of nitrogens with zero attached hydrogens (tertiary/aromatic N) is 1. The van der Waals surface area contributed by atoms with Crippen LogP contribution in [-0.2, 0) is 27.5 Å². The molecule has 25 heavy (non-hydrogen) atoms. The van der Waals surface area contributed by atoms with E-state index in [-0.39, 0.29) is 23.5 Å². The summed E-state index contributed by atoms with van der Waals surface area (Å²) >= 11 is 0. The fraction of sp³-hybridized carbons (Fsp3) is 0.650. The molecule has 0 bridgehead atoms. The van der Waals surface area contributed by atoms with Crippen LogP contribution >= 0.6 is 0 Å². The van der Waals surface area contributed by atoms with E-state index >= 15 is 0 Å². The largest absolute Gasteiger partial charge is 0.339 e. The van der Waals surface area contributed by atoms with Crippen LogP contribution in [0.15, 0.2) is 24.3 Å². The molecule has 1 amide bonds. The van der Waals surface area contributed by atoms with Crippen molar-refractivity contribution in [2.45, 2.75) is 64.8 Å². The van der Waals surface area contributed by atoms with Gasteiger partial charge in [-0.15, -0.1) is 0 Å². The Labute approximate surface area is 152 Å².